The number of alkyl halides is 3. The topological polar surface area (TPSA) is 93.5 Å². The number of nitrogens with one attached hydrogen (secondary N) is 1. The molecule has 2 N–H and O–H groups in total. The number of aliphatic carboxylic acids is 1. The molecule has 2 aromatic rings. The van der Waals surface area contributed by atoms with Gasteiger partial charge in [0, 0.05) is 19.2 Å². The zero-order valence-corrected chi connectivity index (χ0v) is 18.1. The number of carbonyl (C=O) groups is 2. The van der Waals surface area contributed by atoms with Gasteiger partial charge in [0.1, 0.15) is 17.1 Å². The molecule has 1 atom stereocenters. The molecule has 11 heteroatoms. The monoisotopic (exact) mass is 469 g/mol. The summed E-state index contributed by atoms with van der Waals surface area (Å²) in [5.41, 5.74) is -2.23. The van der Waals surface area contributed by atoms with Crippen LogP contribution in [0.3, 0.4) is 0 Å². The predicted octanol–water partition coefficient (Wildman–Crippen LogP) is 4.86. The second kappa shape index (κ2) is 10.8. The molecule has 1 unspecified atom stereocenters. The van der Waals surface area contributed by atoms with Crippen LogP contribution in [0.4, 0.5) is 17.6 Å². The van der Waals surface area contributed by atoms with E-state index in [1.165, 1.54) is 37.4 Å². The number of hydrogen-bond donors (Lipinski definition) is 2. The first-order chi connectivity index (χ1) is 15.4. The average Bonchev–Trinajstić information content (AvgIpc) is 3.04. The highest BCUT2D eigenvalue weighted by Gasteiger charge is 2.42. The van der Waals surface area contributed by atoms with Crippen LogP contribution >= 0.6 is 0 Å². The number of hydrogen-bond acceptors (Lipinski definition) is 4. The third-order valence-corrected chi connectivity index (χ3v) is 4.34. The average molecular weight is 469 g/mol. The van der Waals surface area contributed by atoms with E-state index in [-0.39, 0.29) is 17.7 Å². The number of nitrogens with zero attached hydrogens (tertiary/aromatic N) is 2. The van der Waals surface area contributed by atoms with Gasteiger partial charge >= 0.3 is 12.1 Å². The Morgan fingerprint density at radius 2 is 2.03 bits per heavy atom. The van der Waals surface area contributed by atoms with E-state index >= 15 is 0 Å². The van der Waals surface area contributed by atoms with Gasteiger partial charge < -0.3 is 15.2 Å². The van der Waals surface area contributed by atoms with Crippen molar-refractivity contribution in [3.05, 3.63) is 65.1 Å². The molecule has 0 fully saturated rings. The number of aromatic nitrogens is 2. The number of benzene rings is 1. The number of aryl methyl sites for hydroxylation is 1. The number of carboxylic acid groups (broad SMARTS) is 1. The van der Waals surface area contributed by atoms with E-state index in [1.54, 1.807) is 13.8 Å². The van der Waals surface area contributed by atoms with Crippen molar-refractivity contribution in [2.45, 2.75) is 38.9 Å². The van der Waals surface area contributed by atoms with Gasteiger partial charge in [-0.2, -0.15) is 18.3 Å². The second-order valence-corrected chi connectivity index (χ2v) is 7.10. The van der Waals surface area contributed by atoms with E-state index < -0.39 is 47.0 Å². The molecule has 178 valence electrons. The fraction of sp³-hybridized carbons (Fsp3) is 0.318. The molecule has 1 amide bonds. The minimum atomic E-state index is -4.95. The van der Waals surface area contributed by atoms with Crippen LogP contribution in [0.2, 0.25) is 0 Å². The molecule has 0 spiro atoms. The van der Waals surface area contributed by atoms with Crippen molar-refractivity contribution in [3.8, 4) is 11.6 Å². The van der Waals surface area contributed by atoms with Gasteiger partial charge in [0.15, 0.2) is 5.69 Å². The molecule has 33 heavy (non-hydrogen) atoms. The lowest BCUT2D eigenvalue weighted by Crippen LogP contribution is -2.33. The summed E-state index contributed by atoms with van der Waals surface area (Å²) in [6, 6.07) is 4.07. The van der Waals surface area contributed by atoms with E-state index in [9.17, 15) is 27.2 Å². The molecular weight excluding hydrogens is 446 g/mol. The van der Waals surface area contributed by atoms with Crippen molar-refractivity contribution < 1.29 is 37.0 Å². The molecular formula is C22H23F4N3O4. The normalized spacial score (nSPS) is 13.2. The van der Waals surface area contributed by atoms with Gasteiger partial charge in [0.2, 0.25) is 5.88 Å². The van der Waals surface area contributed by atoms with Gasteiger partial charge in [-0.1, -0.05) is 31.2 Å². The Hall–Kier alpha value is -3.63. The summed E-state index contributed by atoms with van der Waals surface area (Å²) in [5.74, 6) is -3.50. The quantitative estimate of drug-likeness (QED) is 0.311. The Bertz CT molecular complexity index is 1070. The smallest absolute Gasteiger partial charge is 0.436 e. The highest BCUT2D eigenvalue weighted by molar-refractivity contribution is 5.98. The maximum Gasteiger partial charge on any atom is 0.436 e. The van der Waals surface area contributed by atoms with Gasteiger partial charge in [0.05, 0.1) is 5.57 Å². The Kier molecular flexibility index (Phi) is 8.38. The van der Waals surface area contributed by atoms with Crippen molar-refractivity contribution in [2.75, 3.05) is 0 Å². The molecule has 0 aliphatic rings. The van der Waals surface area contributed by atoms with Crippen molar-refractivity contribution >= 4 is 11.9 Å². The van der Waals surface area contributed by atoms with E-state index in [0.717, 1.165) is 16.8 Å². The summed E-state index contributed by atoms with van der Waals surface area (Å²) >= 11 is 0. The molecule has 0 radical (unpaired) electrons. The fourth-order valence-corrected chi connectivity index (χ4v) is 2.87. The van der Waals surface area contributed by atoms with Gasteiger partial charge in [-0.15, -0.1) is 0 Å². The number of amides is 1. The number of ether oxygens (including phenoxy) is 1. The van der Waals surface area contributed by atoms with Gasteiger partial charge in [-0.3, -0.25) is 4.79 Å². The van der Waals surface area contributed by atoms with E-state index in [1.807, 2.05) is 0 Å². The Balaban J connectivity index is 2.28. The first-order valence-corrected chi connectivity index (χ1v) is 9.92. The number of carbonyl (C=O) groups excluding carboxylic acids is 1. The van der Waals surface area contributed by atoms with E-state index in [2.05, 4.69) is 10.4 Å². The maximum atomic E-state index is 13.5. The van der Waals surface area contributed by atoms with Crippen LogP contribution < -0.4 is 10.1 Å². The van der Waals surface area contributed by atoms with E-state index in [0.29, 0.717) is 6.42 Å². The Labute approximate surface area is 187 Å². The molecule has 2 rings (SSSR count). The lowest BCUT2D eigenvalue weighted by molar-refractivity contribution is -0.141. The summed E-state index contributed by atoms with van der Waals surface area (Å²) in [4.78, 5) is 23.9. The van der Waals surface area contributed by atoms with Gasteiger partial charge in [0.25, 0.3) is 5.91 Å². The lowest BCUT2D eigenvalue weighted by atomic mass is 10.1. The van der Waals surface area contributed by atoms with Crippen molar-refractivity contribution in [2.24, 2.45) is 7.05 Å². The SMILES string of the molecule is CCC=C(C=CCC(C)NC(=O)c1c(C(F)(F)F)nn(C)c1Oc1cccc(F)c1)C(=O)O. The zero-order chi connectivity index (χ0) is 24.8. The van der Waals surface area contributed by atoms with Crippen molar-refractivity contribution in [3.63, 3.8) is 0 Å². The third-order valence-electron chi connectivity index (χ3n) is 4.34. The number of carboxylic acids is 1. The first-order valence-electron chi connectivity index (χ1n) is 9.92. The Morgan fingerprint density at radius 3 is 2.61 bits per heavy atom. The molecule has 0 bridgehead atoms. The van der Waals surface area contributed by atoms with Crippen LogP contribution in [-0.4, -0.2) is 32.8 Å². The van der Waals surface area contributed by atoms with Crippen LogP contribution in [0.1, 0.15) is 42.7 Å². The molecule has 7 nitrogen and oxygen atoms in total. The molecule has 0 saturated heterocycles. The Morgan fingerprint density at radius 1 is 1.33 bits per heavy atom. The standard InChI is InChI=1S/C22H23F4N3O4/c1-4-7-14(21(31)32)9-5-8-13(2)27-19(30)17-18(22(24,25)26)28-29(3)20(17)33-16-11-6-10-15(23)12-16/h5-7,9-13H,4,8H2,1-3H3,(H,27,30)(H,31,32). The molecule has 1 heterocycles. The zero-order valence-electron chi connectivity index (χ0n) is 18.1. The number of rotatable bonds is 9. The maximum absolute atomic E-state index is 13.5. The van der Waals surface area contributed by atoms with Crippen LogP contribution in [-0.2, 0) is 18.0 Å². The largest absolute Gasteiger partial charge is 0.478 e. The molecule has 1 aromatic carbocycles. The van der Waals surface area contributed by atoms with Crippen molar-refractivity contribution in [1.29, 1.82) is 0 Å². The van der Waals surface area contributed by atoms with Crippen LogP contribution in [0, 0.1) is 5.82 Å². The number of halogens is 4. The minimum absolute atomic E-state index is 0.0634. The van der Waals surface area contributed by atoms with Gasteiger partial charge in [-0.05, 0) is 31.9 Å². The summed E-state index contributed by atoms with van der Waals surface area (Å²) in [7, 11) is 1.17. The molecule has 0 saturated carbocycles. The minimum Gasteiger partial charge on any atom is -0.478 e. The molecule has 0 aliphatic carbocycles. The third kappa shape index (κ3) is 6.93. The summed E-state index contributed by atoms with van der Waals surface area (Å²) in [6.07, 6.45) is 0.0774. The van der Waals surface area contributed by atoms with Crippen molar-refractivity contribution in [1.82, 2.24) is 15.1 Å². The molecule has 1 aromatic heterocycles. The first kappa shape index (κ1) is 25.6. The second-order valence-electron chi connectivity index (χ2n) is 7.10. The highest BCUT2D eigenvalue weighted by Crippen LogP contribution is 2.37. The van der Waals surface area contributed by atoms with Crippen LogP contribution in [0.5, 0.6) is 11.6 Å². The summed E-state index contributed by atoms with van der Waals surface area (Å²) < 4.78 is 60.2. The van der Waals surface area contributed by atoms with Crippen LogP contribution in [0.15, 0.2) is 48.1 Å². The van der Waals surface area contributed by atoms with Crippen LogP contribution in [0.25, 0.3) is 0 Å². The predicted molar refractivity (Wildman–Crippen MR) is 111 cm³/mol. The number of allylic oxidation sites excluding steroid dienone is 1. The van der Waals surface area contributed by atoms with Gasteiger partial charge in [-0.25, -0.2) is 13.9 Å². The lowest BCUT2D eigenvalue weighted by Gasteiger charge is -2.14. The highest BCUT2D eigenvalue weighted by atomic mass is 19.4. The fourth-order valence-electron chi connectivity index (χ4n) is 2.87. The van der Waals surface area contributed by atoms with E-state index in [4.69, 9.17) is 9.84 Å². The molecule has 0 aliphatic heterocycles. The summed E-state index contributed by atoms with van der Waals surface area (Å²) in [6.45, 7) is 3.32. The summed E-state index contributed by atoms with van der Waals surface area (Å²) in [5, 5.41) is 14.9.